The van der Waals surface area contributed by atoms with Gasteiger partial charge in [-0.3, -0.25) is 0 Å². The molecule has 1 rings (SSSR count). The number of aliphatic hydroxyl groups is 1. The van der Waals surface area contributed by atoms with Crippen molar-refractivity contribution in [2.45, 2.75) is 71.5 Å². The van der Waals surface area contributed by atoms with E-state index in [1.807, 2.05) is 27.7 Å². The normalized spacial score (nSPS) is 12.3. The van der Waals surface area contributed by atoms with Crippen LogP contribution in [0.15, 0.2) is 24.3 Å². The van der Waals surface area contributed by atoms with Crippen LogP contribution >= 0.6 is 0 Å². The Hall–Kier alpha value is -0.560. The summed E-state index contributed by atoms with van der Waals surface area (Å²) in [5.41, 5.74) is -0.817. The second kappa shape index (κ2) is 7.81. The van der Waals surface area contributed by atoms with Crippen LogP contribution in [0.25, 0.3) is 0 Å². The number of hydrogen-bond donors (Lipinski definition) is 1. The van der Waals surface area contributed by atoms with Crippen LogP contribution < -0.4 is 0 Å². The Bertz CT molecular complexity index is 522. The van der Waals surface area contributed by atoms with Crippen molar-refractivity contribution in [1.82, 2.24) is 0 Å². The van der Waals surface area contributed by atoms with Gasteiger partial charge in [-0.15, -0.1) is 0 Å². The SMILES string of the molecule is C=C(C)C(=O)OC(CC)(CC)c1ccc(C(O)(CC)CC)[te]1. The first-order valence-corrected chi connectivity index (χ1v) is 10.3. The predicted molar refractivity (Wildman–Crippen MR) is 91.0 cm³/mol. The van der Waals surface area contributed by atoms with Crippen LogP contribution in [0.4, 0.5) is 0 Å². The zero-order valence-corrected chi connectivity index (χ0v) is 16.7. The number of rotatable bonds is 8. The molecule has 22 heavy (non-hydrogen) atoms. The number of esters is 1. The fourth-order valence-electron chi connectivity index (χ4n) is 2.49. The van der Waals surface area contributed by atoms with Crippen molar-refractivity contribution < 1.29 is 14.6 Å². The van der Waals surface area contributed by atoms with Crippen molar-refractivity contribution in [2.75, 3.05) is 0 Å². The molecule has 1 N–H and O–H groups in total. The van der Waals surface area contributed by atoms with Gasteiger partial charge in [-0.25, -0.2) is 0 Å². The molecule has 0 aliphatic carbocycles. The van der Waals surface area contributed by atoms with Crippen LogP contribution in [0.5, 0.6) is 0 Å². The van der Waals surface area contributed by atoms with Crippen LogP contribution in [0.2, 0.25) is 0 Å². The zero-order chi connectivity index (χ0) is 17.0. The van der Waals surface area contributed by atoms with E-state index in [-0.39, 0.29) is 5.97 Å². The van der Waals surface area contributed by atoms with Gasteiger partial charge in [0.15, 0.2) is 0 Å². The third-order valence-corrected chi connectivity index (χ3v) is 8.64. The van der Waals surface area contributed by atoms with E-state index in [1.54, 1.807) is 6.92 Å². The maximum absolute atomic E-state index is 12.0. The fraction of sp³-hybridized carbons (Fsp3) is 0.611. The summed E-state index contributed by atoms with van der Waals surface area (Å²) >= 11 is -0.690. The molecule has 0 saturated heterocycles. The summed E-state index contributed by atoms with van der Waals surface area (Å²) in [6.07, 6.45) is 2.93. The first kappa shape index (κ1) is 19.5. The Morgan fingerprint density at radius 3 is 2.05 bits per heavy atom. The number of hydrogen-bond acceptors (Lipinski definition) is 3. The van der Waals surface area contributed by atoms with Gasteiger partial charge in [0.2, 0.25) is 0 Å². The summed E-state index contributed by atoms with van der Waals surface area (Å²) in [5.74, 6) is -0.327. The van der Waals surface area contributed by atoms with E-state index >= 15 is 0 Å². The first-order valence-electron chi connectivity index (χ1n) is 8.00. The predicted octanol–water partition coefficient (Wildman–Crippen LogP) is 3.89. The summed E-state index contributed by atoms with van der Waals surface area (Å²) in [6, 6.07) is 4.13. The Labute approximate surface area is 144 Å². The summed E-state index contributed by atoms with van der Waals surface area (Å²) in [4.78, 5) is 12.0. The summed E-state index contributed by atoms with van der Waals surface area (Å²) in [7, 11) is 0. The molecule has 0 saturated carbocycles. The number of carbonyl (C=O) groups is 1. The standard InChI is InChI=1S/C18H28O3Te/c1-7-17(20,8-2)14-11-12-15(22-14)18(9-3,10-4)21-16(19)13(5)6/h11-12,20H,5,7-10H2,1-4,6H3. The zero-order valence-electron chi connectivity index (χ0n) is 14.4. The molecule has 1 heterocycles. The quantitative estimate of drug-likeness (QED) is 0.395. The molecule has 0 bridgehead atoms. The molecule has 0 amide bonds. The number of ether oxygens (including phenoxy) is 1. The van der Waals surface area contributed by atoms with Crippen molar-refractivity contribution in [3.8, 4) is 0 Å². The molecule has 4 heteroatoms. The summed E-state index contributed by atoms with van der Waals surface area (Å²) < 4.78 is 8.17. The third-order valence-electron chi connectivity index (χ3n) is 4.46. The molecule has 0 radical (unpaired) electrons. The van der Waals surface area contributed by atoms with E-state index in [4.69, 9.17) is 4.74 Å². The van der Waals surface area contributed by atoms with Crippen LogP contribution in [0.3, 0.4) is 0 Å². The Kier molecular flexibility index (Phi) is 6.92. The molecule has 3 nitrogen and oxygen atoms in total. The van der Waals surface area contributed by atoms with Crippen LogP contribution in [0, 0.1) is 0 Å². The van der Waals surface area contributed by atoms with E-state index in [9.17, 15) is 9.90 Å². The molecule has 0 aliphatic heterocycles. The fourth-order valence-corrected chi connectivity index (χ4v) is 6.78. The van der Waals surface area contributed by atoms with E-state index in [2.05, 4.69) is 18.7 Å². The molecule has 1 aromatic heterocycles. The minimum absolute atomic E-state index is 0.327. The van der Waals surface area contributed by atoms with E-state index in [1.165, 1.54) is 3.58 Å². The van der Waals surface area contributed by atoms with E-state index < -0.39 is 31.6 Å². The molecule has 0 aromatic carbocycles. The van der Waals surface area contributed by atoms with Gasteiger partial charge in [0.1, 0.15) is 0 Å². The second-order valence-corrected chi connectivity index (χ2v) is 8.87. The molecule has 0 unspecified atom stereocenters. The minimum atomic E-state index is -0.702. The second-order valence-electron chi connectivity index (χ2n) is 5.77. The average Bonchev–Trinajstić information content (AvgIpc) is 3.02. The Morgan fingerprint density at radius 1 is 1.14 bits per heavy atom. The third kappa shape index (κ3) is 3.85. The van der Waals surface area contributed by atoms with Crippen molar-refractivity contribution >= 4 is 26.4 Å². The van der Waals surface area contributed by atoms with Crippen molar-refractivity contribution in [3.63, 3.8) is 0 Å². The van der Waals surface area contributed by atoms with Gasteiger partial charge in [-0.2, -0.15) is 0 Å². The summed E-state index contributed by atoms with van der Waals surface area (Å²) in [5, 5.41) is 10.7. The van der Waals surface area contributed by atoms with Gasteiger partial charge in [-0.1, -0.05) is 0 Å². The van der Waals surface area contributed by atoms with Crippen LogP contribution in [-0.4, -0.2) is 31.5 Å². The molecule has 0 aliphatic rings. The van der Waals surface area contributed by atoms with Gasteiger partial charge in [0, 0.05) is 0 Å². The monoisotopic (exact) mass is 422 g/mol. The molecular weight excluding hydrogens is 392 g/mol. The molecular formula is C18H28O3Te. The van der Waals surface area contributed by atoms with Gasteiger partial charge in [0.25, 0.3) is 0 Å². The van der Waals surface area contributed by atoms with Gasteiger partial charge >= 0.3 is 144 Å². The maximum atomic E-state index is 12.0. The molecule has 124 valence electrons. The van der Waals surface area contributed by atoms with E-state index in [0.717, 1.165) is 29.3 Å². The van der Waals surface area contributed by atoms with Gasteiger partial charge in [-0.05, 0) is 0 Å². The van der Waals surface area contributed by atoms with Crippen molar-refractivity contribution in [2.24, 2.45) is 0 Å². The Morgan fingerprint density at radius 2 is 1.64 bits per heavy atom. The van der Waals surface area contributed by atoms with Crippen LogP contribution in [-0.2, 0) is 20.7 Å². The Balaban J connectivity index is 3.21. The van der Waals surface area contributed by atoms with E-state index in [0.29, 0.717) is 5.57 Å². The van der Waals surface area contributed by atoms with Crippen LogP contribution in [0.1, 0.15) is 67.5 Å². The molecule has 0 fully saturated rings. The average molecular weight is 420 g/mol. The topological polar surface area (TPSA) is 46.5 Å². The molecule has 0 atom stereocenters. The van der Waals surface area contributed by atoms with Crippen molar-refractivity contribution in [3.05, 3.63) is 31.4 Å². The van der Waals surface area contributed by atoms with Crippen molar-refractivity contribution in [1.29, 1.82) is 0 Å². The number of carbonyl (C=O) groups excluding carboxylic acids is 1. The first-order chi connectivity index (χ1) is 10.3. The molecule has 0 spiro atoms. The summed E-state index contributed by atoms with van der Waals surface area (Å²) in [6.45, 7) is 13.5. The van der Waals surface area contributed by atoms with Gasteiger partial charge < -0.3 is 0 Å². The molecule has 1 aromatic rings. The van der Waals surface area contributed by atoms with Gasteiger partial charge in [0.05, 0.1) is 0 Å².